The smallest absolute Gasteiger partial charge is 0.233 e. The van der Waals surface area contributed by atoms with E-state index in [0.717, 1.165) is 36.6 Å². The molecule has 1 aliphatic rings. The van der Waals surface area contributed by atoms with Crippen molar-refractivity contribution in [3.05, 3.63) is 30.5 Å². The first-order valence-electron chi connectivity index (χ1n) is 12.4. The van der Waals surface area contributed by atoms with Crippen LogP contribution in [0, 0.1) is 5.92 Å². The zero-order valence-corrected chi connectivity index (χ0v) is 19.2. The first kappa shape index (κ1) is 23.5. The number of ether oxygens (including phenoxy) is 2. The molecule has 2 heterocycles. The average molecular weight is 426 g/mol. The number of aromatic nitrogens is 3. The molecule has 31 heavy (non-hydrogen) atoms. The minimum absolute atomic E-state index is 0.591. The molecule has 3 rings (SSSR count). The van der Waals surface area contributed by atoms with Crippen LogP contribution in [0.1, 0.15) is 90.4 Å². The van der Waals surface area contributed by atoms with Gasteiger partial charge in [-0.25, -0.2) is 4.98 Å². The quantitative estimate of drug-likeness (QED) is 0.255. The van der Waals surface area contributed by atoms with Crippen molar-refractivity contribution in [3.63, 3.8) is 0 Å². The fourth-order valence-corrected chi connectivity index (χ4v) is 3.70. The van der Waals surface area contributed by atoms with Gasteiger partial charge in [-0.15, -0.1) is 10.2 Å². The molecule has 1 saturated carbocycles. The maximum atomic E-state index is 5.75. The van der Waals surface area contributed by atoms with Crippen molar-refractivity contribution in [2.75, 3.05) is 13.2 Å². The van der Waals surface area contributed by atoms with Gasteiger partial charge in [-0.1, -0.05) is 77.6 Å². The molecule has 0 spiro atoms. The summed E-state index contributed by atoms with van der Waals surface area (Å²) < 4.78 is 11.5. The van der Waals surface area contributed by atoms with Crippen LogP contribution < -0.4 is 9.47 Å². The molecule has 0 N–H and O–H groups in total. The second kappa shape index (κ2) is 14.0. The molecule has 1 fully saturated rings. The lowest BCUT2D eigenvalue weighted by Crippen LogP contribution is -2.01. The Labute approximate surface area is 188 Å². The highest BCUT2D eigenvalue weighted by Gasteiger charge is 2.19. The highest BCUT2D eigenvalue weighted by molar-refractivity contribution is 5.57. The minimum atomic E-state index is 0.591. The van der Waals surface area contributed by atoms with E-state index in [1.54, 1.807) is 6.20 Å². The molecular formula is C26H39N3O2. The van der Waals surface area contributed by atoms with Crippen molar-refractivity contribution in [3.8, 4) is 23.0 Å². The highest BCUT2D eigenvalue weighted by Crippen LogP contribution is 2.34. The van der Waals surface area contributed by atoms with Crippen molar-refractivity contribution in [2.45, 2.75) is 90.4 Å². The van der Waals surface area contributed by atoms with Gasteiger partial charge >= 0.3 is 0 Å². The van der Waals surface area contributed by atoms with Gasteiger partial charge in [0.1, 0.15) is 0 Å². The number of pyridine rings is 1. The first-order chi connectivity index (χ1) is 15.3. The summed E-state index contributed by atoms with van der Waals surface area (Å²) in [6.45, 7) is 3.68. The summed E-state index contributed by atoms with van der Waals surface area (Å²) in [5.74, 6) is 2.31. The molecule has 0 bridgehead atoms. The van der Waals surface area contributed by atoms with Gasteiger partial charge in [0.2, 0.25) is 11.8 Å². The van der Waals surface area contributed by atoms with E-state index >= 15 is 0 Å². The Morgan fingerprint density at radius 3 is 2.06 bits per heavy atom. The van der Waals surface area contributed by atoms with Gasteiger partial charge in [0, 0.05) is 23.9 Å². The van der Waals surface area contributed by atoms with Gasteiger partial charge < -0.3 is 9.47 Å². The van der Waals surface area contributed by atoms with Crippen molar-refractivity contribution in [2.24, 2.45) is 5.92 Å². The Bertz CT molecular complexity index is 714. The first-order valence-corrected chi connectivity index (χ1v) is 12.4. The zero-order valence-electron chi connectivity index (χ0n) is 19.2. The van der Waals surface area contributed by atoms with Crippen LogP contribution in [0.3, 0.4) is 0 Å². The molecular weight excluding hydrogens is 386 g/mol. The van der Waals surface area contributed by atoms with E-state index in [2.05, 4.69) is 22.1 Å². The fourth-order valence-electron chi connectivity index (χ4n) is 3.70. The average Bonchev–Trinajstić information content (AvgIpc) is 3.63. The standard InChI is InChI=1S/C26H39N3O2/c1-2-3-4-5-7-10-19-30-25-17-15-23(21-27-25)24-16-18-26(29-28-24)31-20-11-8-6-9-12-22-13-14-22/h15-18,21-22H,2-14,19-20H2,1H3. The number of unbranched alkanes of at least 4 members (excludes halogenated alkanes) is 8. The summed E-state index contributed by atoms with van der Waals surface area (Å²) in [6.07, 6.45) is 18.7. The molecule has 0 saturated heterocycles. The van der Waals surface area contributed by atoms with Gasteiger partial charge in [0.15, 0.2) is 0 Å². The van der Waals surface area contributed by atoms with Gasteiger partial charge in [-0.05, 0) is 30.9 Å². The largest absolute Gasteiger partial charge is 0.478 e. The van der Waals surface area contributed by atoms with Crippen molar-refractivity contribution < 1.29 is 9.47 Å². The normalized spacial score (nSPS) is 13.3. The maximum absolute atomic E-state index is 5.75. The van der Waals surface area contributed by atoms with E-state index in [-0.39, 0.29) is 0 Å². The molecule has 5 nitrogen and oxygen atoms in total. The fraction of sp³-hybridized carbons (Fsp3) is 0.654. The van der Waals surface area contributed by atoms with E-state index in [9.17, 15) is 0 Å². The third-order valence-corrected chi connectivity index (χ3v) is 5.87. The molecule has 1 aliphatic carbocycles. The van der Waals surface area contributed by atoms with E-state index in [4.69, 9.17) is 9.47 Å². The lowest BCUT2D eigenvalue weighted by Gasteiger charge is -2.07. The van der Waals surface area contributed by atoms with Crippen LogP contribution in [0.5, 0.6) is 11.8 Å². The van der Waals surface area contributed by atoms with Crippen molar-refractivity contribution >= 4 is 0 Å². The Balaban J connectivity index is 1.29. The Hall–Kier alpha value is -2.17. The topological polar surface area (TPSA) is 57.1 Å². The van der Waals surface area contributed by atoms with E-state index < -0.39 is 0 Å². The number of hydrogen-bond donors (Lipinski definition) is 0. The van der Waals surface area contributed by atoms with Crippen LogP contribution in [0.4, 0.5) is 0 Å². The molecule has 0 amide bonds. The van der Waals surface area contributed by atoms with Crippen LogP contribution in [-0.4, -0.2) is 28.4 Å². The van der Waals surface area contributed by atoms with Crippen LogP contribution in [-0.2, 0) is 0 Å². The van der Waals surface area contributed by atoms with Crippen molar-refractivity contribution in [1.29, 1.82) is 0 Å². The molecule has 5 heteroatoms. The number of nitrogens with zero attached hydrogens (tertiary/aromatic N) is 3. The number of hydrogen-bond acceptors (Lipinski definition) is 5. The molecule has 0 aliphatic heterocycles. The summed E-state index contributed by atoms with van der Waals surface area (Å²) in [5.41, 5.74) is 1.73. The maximum Gasteiger partial charge on any atom is 0.233 e. The van der Waals surface area contributed by atoms with Crippen molar-refractivity contribution in [1.82, 2.24) is 15.2 Å². The monoisotopic (exact) mass is 425 g/mol. The summed E-state index contributed by atoms with van der Waals surface area (Å²) in [4.78, 5) is 4.40. The van der Waals surface area contributed by atoms with Crippen LogP contribution in [0.2, 0.25) is 0 Å². The SMILES string of the molecule is CCCCCCCCOc1ccc(-c2ccc(OCCCCCCC3CC3)nn2)cn1. The lowest BCUT2D eigenvalue weighted by atomic mass is 10.1. The zero-order chi connectivity index (χ0) is 21.6. The predicted octanol–water partition coefficient (Wildman–Crippen LogP) is 7.02. The Morgan fingerprint density at radius 2 is 1.42 bits per heavy atom. The molecule has 170 valence electrons. The number of rotatable bonds is 17. The minimum Gasteiger partial charge on any atom is -0.478 e. The molecule has 0 radical (unpaired) electrons. The van der Waals surface area contributed by atoms with E-state index in [1.165, 1.54) is 70.6 Å². The van der Waals surface area contributed by atoms with Crippen LogP contribution in [0.15, 0.2) is 30.5 Å². The third-order valence-electron chi connectivity index (χ3n) is 5.87. The van der Waals surface area contributed by atoms with E-state index in [0.29, 0.717) is 18.4 Å². The summed E-state index contributed by atoms with van der Waals surface area (Å²) in [6, 6.07) is 7.71. The molecule has 0 unspecified atom stereocenters. The third kappa shape index (κ3) is 9.67. The second-order valence-electron chi connectivity index (χ2n) is 8.75. The summed E-state index contributed by atoms with van der Waals surface area (Å²) in [5, 5.41) is 8.49. The Morgan fingerprint density at radius 1 is 0.742 bits per heavy atom. The van der Waals surface area contributed by atoms with E-state index in [1.807, 2.05) is 24.3 Å². The molecule has 0 aromatic carbocycles. The van der Waals surface area contributed by atoms with Crippen LogP contribution >= 0.6 is 0 Å². The lowest BCUT2D eigenvalue weighted by molar-refractivity contribution is 0.290. The summed E-state index contributed by atoms with van der Waals surface area (Å²) >= 11 is 0. The Kier molecular flexibility index (Phi) is 10.6. The van der Waals surface area contributed by atoms with Gasteiger partial charge in [0.25, 0.3) is 0 Å². The van der Waals surface area contributed by atoms with Gasteiger partial charge in [-0.3, -0.25) is 0 Å². The molecule has 2 aromatic rings. The van der Waals surface area contributed by atoms with Crippen LogP contribution in [0.25, 0.3) is 11.3 Å². The highest BCUT2D eigenvalue weighted by atomic mass is 16.5. The van der Waals surface area contributed by atoms with Gasteiger partial charge in [-0.2, -0.15) is 0 Å². The molecule has 0 atom stereocenters. The van der Waals surface area contributed by atoms with Gasteiger partial charge in [0.05, 0.1) is 18.9 Å². The predicted molar refractivity (Wildman–Crippen MR) is 125 cm³/mol. The molecule has 2 aromatic heterocycles. The summed E-state index contributed by atoms with van der Waals surface area (Å²) in [7, 11) is 0. The second-order valence-corrected chi connectivity index (χ2v) is 8.75.